The Labute approximate surface area is 174 Å². The van der Waals surface area contributed by atoms with Crippen molar-refractivity contribution >= 4 is 37.3 Å². The lowest BCUT2D eigenvalue weighted by molar-refractivity contribution is -0.118. The van der Waals surface area contributed by atoms with E-state index < -0.39 is 9.84 Å². The van der Waals surface area contributed by atoms with Crippen LogP contribution in [0.25, 0.3) is 10.2 Å². The van der Waals surface area contributed by atoms with E-state index in [2.05, 4.69) is 4.99 Å². The van der Waals surface area contributed by atoms with Crippen molar-refractivity contribution in [2.75, 3.05) is 12.9 Å². The summed E-state index contributed by atoms with van der Waals surface area (Å²) in [6.07, 6.45) is 0.373. The summed E-state index contributed by atoms with van der Waals surface area (Å²) >= 11 is 1.42. The monoisotopic (exact) mass is 432 g/mol. The van der Waals surface area contributed by atoms with Crippen molar-refractivity contribution in [1.82, 2.24) is 4.57 Å². The molecule has 8 heteroatoms. The van der Waals surface area contributed by atoms with Crippen LogP contribution in [0.1, 0.15) is 25.3 Å². The van der Waals surface area contributed by atoms with Crippen molar-refractivity contribution in [3.05, 3.63) is 58.9 Å². The number of carbonyl (C=O) groups is 1. The second kappa shape index (κ2) is 9.37. The average molecular weight is 433 g/mol. The molecule has 0 N–H and O–H groups in total. The molecule has 3 rings (SSSR count). The number of nitrogens with zero attached hydrogens (tertiary/aromatic N) is 2. The van der Waals surface area contributed by atoms with Crippen molar-refractivity contribution in [1.29, 1.82) is 0 Å². The van der Waals surface area contributed by atoms with E-state index in [1.54, 1.807) is 19.2 Å². The van der Waals surface area contributed by atoms with Crippen LogP contribution in [-0.4, -0.2) is 31.8 Å². The molecule has 0 saturated carbocycles. The Morgan fingerprint density at radius 1 is 1.17 bits per heavy atom. The zero-order valence-corrected chi connectivity index (χ0v) is 18.1. The number of amides is 1. The highest BCUT2D eigenvalue weighted by atomic mass is 32.2. The minimum Gasteiger partial charge on any atom is -0.497 e. The first-order chi connectivity index (χ1) is 13.9. The molecule has 0 spiro atoms. The number of hydrogen-bond acceptors (Lipinski definition) is 5. The summed E-state index contributed by atoms with van der Waals surface area (Å²) in [6.45, 7) is 2.68. The van der Waals surface area contributed by atoms with Crippen molar-refractivity contribution < 1.29 is 17.9 Å². The van der Waals surface area contributed by atoms with E-state index >= 15 is 0 Å². The molecule has 1 aromatic heterocycles. The maximum absolute atomic E-state index is 12.3. The van der Waals surface area contributed by atoms with E-state index in [1.807, 2.05) is 47.9 Å². The minimum atomic E-state index is -3.25. The highest BCUT2D eigenvalue weighted by Crippen LogP contribution is 2.23. The molecule has 0 aliphatic rings. The zero-order chi connectivity index (χ0) is 20.9. The Morgan fingerprint density at radius 2 is 1.93 bits per heavy atom. The number of carbonyl (C=O) groups excluding carboxylic acids is 1. The Hall–Kier alpha value is -2.45. The van der Waals surface area contributed by atoms with Crippen molar-refractivity contribution in [2.24, 2.45) is 4.99 Å². The van der Waals surface area contributed by atoms with Gasteiger partial charge in [0.05, 0.1) is 28.8 Å². The van der Waals surface area contributed by atoms with E-state index in [0.717, 1.165) is 21.5 Å². The van der Waals surface area contributed by atoms with Crippen LogP contribution in [0.2, 0.25) is 0 Å². The molecule has 0 saturated heterocycles. The van der Waals surface area contributed by atoms with Gasteiger partial charge < -0.3 is 9.30 Å². The van der Waals surface area contributed by atoms with Gasteiger partial charge in [-0.25, -0.2) is 8.42 Å². The first-order valence-electron chi connectivity index (χ1n) is 9.41. The zero-order valence-electron chi connectivity index (χ0n) is 16.5. The topological polar surface area (TPSA) is 77.7 Å². The first-order valence-corrected chi connectivity index (χ1v) is 12.0. The third-order valence-corrected chi connectivity index (χ3v) is 7.23. The fourth-order valence-corrected chi connectivity index (χ4v) is 5.65. The van der Waals surface area contributed by atoms with Crippen LogP contribution in [0.15, 0.2) is 53.5 Å². The van der Waals surface area contributed by atoms with Crippen molar-refractivity contribution in [2.45, 2.75) is 32.1 Å². The molecule has 0 radical (unpaired) electrons. The van der Waals surface area contributed by atoms with E-state index in [9.17, 15) is 13.2 Å². The normalized spacial score (nSPS) is 12.4. The number of benzene rings is 2. The molecule has 1 heterocycles. The van der Waals surface area contributed by atoms with E-state index in [0.29, 0.717) is 11.3 Å². The number of aromatic nitrogens is 1. The number of rotatable bonds is 8. The van der Waals surface area contributed by atoms with Crippen LogP contribution in [0, 0.1) is 0 Å². The molecule has 1 amide bonds. The summed E-state index contributed by atoms with van der Waals surface area (Å²) in [5.74, 6) is 0.414. The number of methoxy groups -OCH3 is 1. The average Bonchev–Trinajstić information content (AvgIpc) is 3.03. The Kier molecular flexibility index (Phi) is 6.87. The van der Waals surface area contributed by atoms with Gasteiger partial charge in [-0.05, 0) is 37.1 Å². The molecule has 29 heavy (non-hydrogen) atoms. The molecule has 0 aliphatic carbocycles. The summed E-state index contributed by atoms with van der Waals surface area (Å²) in [6, 6.07) is 14.8. The lowest BCUT2D eigenvalue weighted by Crippen LogP contribution is -2.16. The van der Waals surface area contributed by atoms with E-state index in [1.165, 1.54) is 11.3 Å². The third-order valence-electron chi connectivity index (χ3n) is 4.50. The first kappa shape index (κ1) is 21.3. The number of aryl methyl sites for hydroxylation is 1. The predicted molar refractivity (Wildman–Crippen MR) is 116 cm³/mol. The van der Waals surface area contributed by atoms with Crippen LogP contribution in [0.4, 0.5) is 0 Å². The smallest absolute Gasteiger partial charge is 0.248 e. The van der Waals surface area contributed by atoms with Gasteiger partial charge in [-0.1, -0.05) is 41.7 Å². The van der Waals surface area contributed by atoms with E-state index in [4.69, 9.17) is 4.74 Å². The summed E-state index contributed by atoms with van der Waals surface area (Å²) in [5.41, 5.74) is 1.75. The maximum atomic E-state index is 12.3. The molecule has 0 aliphatic heterocycles. The molecule has 154 valence electrons. The summed E-state index contributed by atoms with van der Waals surface area (Å²) < 4.78 is 32.7. The van der Waals surface area contributed by atoms with Crippen LogP contribution in [0.3, 0.4) is 0 Å². The molecule has 0 atom stereocenters. The number of fused-ring (bicyclic) bond motifs is 1. The van der Waals surface area contributed by atoms with Gasteiger partial charge >= 0.3 is 0 Å². The van der Waals surface area contributed by atoms with Gasteiger partial charge in [0, 0.05) is 13.0 Å². The molecule has 3 aromatic rings. The van der Waals surface area contributed by atoms with Gasteiger partial charge in [0.15, 0.2) is 14.6 Å². The summed E-state index contributed by atoms with van der Waals surface area (Å²) in [7, 11) is -1.64. The van der Waals surface area contributed by atoms with Gasteiger partial charge in [-0.15, -0.1) is 0 Å². The standard InChI is InChI=1S/C21H24N2O4S2/c1-3-23-18-12-11-17(27-2)14-19(18)28-21(23)22-20(24)10-7-13-29(25,26)15-16-8-5-4-6-9-16/h4-6,8-9,11-12,14H,3,7,10,13,15H2,1-2H3. The molecule has 6 nitrogen and oxygen atoms in total. The van der Waals surface area contributed by atoms with Crippen molar-refractivity contribution in [3.8, 4) is 5.75 Å². The molecule has 0 bridgehead atoms. The SMILES string of the molecule is CCn1c(=NC(=O)CCCS(=O)(=O)Cc2ccccc2)sc2cc(OC)ccc21. The van der Waals surface area contributed by atoms with Crippen molar-refractivity contribution in [3.63, 3.8) is 0 Å². The quantitative estimate of drug-likeness (QED) is 0.545. The molecule has 0 fully saturated rings. The van der Waals surface area contributed by atoms with Crippen LogP contribution >= 0.6 is 11.3 Å². The second-order valence-electron chi connectivity index (χ2n) is 6.65. The molecule has 2 aromatic carbocycles. The highest BCUT2D eigenvalue weighted by molar-refractivity contribution is 7.90. The Balaban J connectivity index is 1.67. The number of hydrogen-bond donors (Lipinski definition) is 0. The fraction of sp³-hybridized carbons (Fsp3) is 0.333. The number of sulfone groups is 1. The van der Waals surface area contributed by atoms with E-state index in [-0.39, 0.29) is 30.3 Å². The fourth-order valence-electron chi connectivity index (χ4n) is 3.08. The second-order valence-corrected chi connectivity index (χ2v) is 9.84. The van der Waals surface area contributed by atoms with Crippen LogP contribution in [-0.2, 0) is 26.9 Å². The lowest BCUT2D eigenvalue weighted by Gasteiger charge is -2.04. The van der Waals surface area contributed by atoms with Gasteiger partial charge in [0.1, 0.15) is 5.75 Å². The van der Waals surface area contributed by atoms with Gasteiger partial charge in [0.2, 0.25) is 5.91 Å². The third kappa shape index (κ3) is 5.55. The minimum absolute atomic E-state index is 0.00679. The Bertz CT molecular complexity index is 1160. The maximum Gasteiger partial charge on any atom is 0.248 e. The number of ether oxygens (including phenoxy) is 1. The summed E-state index contributed by atoms with van der Waals surface area (Å²) in [4.78, 5) is 17.2. The van der Waals surface area contributed by atoms with Gasteiger partial charge in [0.25, 0.3) is 0 Å². The molecule has 0 unspecified atom stereocenters. The van der Waals surface area contributed by atoms with Crippen LogP contribution in [0.5, 0.6) is 5.75 Å². The predicted octanol–water partition coefficient (Wildman–Crippen LogP) is 3.55. The molecular formula is C21H24N2O4S2. The van der Waals surface area contributed by atoms with Gasteiger partial charge in [-0.3, -0.25) is 4.79 Å². The lowest BCUT2D eigenvalue weighted by atomic mass is 10.2. The Morgan fingerprint density at radius 3 is 2.62 bits per heavy atom. The largest absolute Gasteiger partial charge is 0.497 e. The highest BCUT2D eigenvalue weighted by Gasteiger charge is 2.13. The summed E-state index contributed by atoms with van der Waals surface area (Å²) in [5, 5.41) is 0. The van der Waals surface area contributed by atoms with Crippen LogP contribution < -0.4 is 9.54 Å². The molecular weight excluding hydrogens is 408 g/mol. The van der Waals surface area contributed by atoms with Gasteiger partial charge in [-0.2, -0.15) is 4.99 Å². The number of thiazole rings is 1.